The lowest BCUT2D eigenvalue weighted by Gasteiger charge is -2.19. The van der Waals surface area contributed by atoms with E-state index < -0.39 is 54.1 Å². The van der Waals surface area contributed by atoms with Crippen molar-refractivity contribution >= 4 is 36.2 Å². The molecule has 0 aromatic rings. The highest BCUT2D eigenvalue weighted by atomic mass is 16.7. The lowest BCUT2D eigenvalue weighted by Crippen LogP contribution is -2.38. The highest BCUT2D eigenvalue weighted by Gasteiger charge is 2.17. The normalized spacial score (nSPS) is 10.1. The Morgan fingerprint density at radius 3 is 1.39 bits per heavy atom. The minimum atomic E-state index is -1.17. The Balaban J connectivity index is -0.000000587. The number of carboxylic acid groups (broad SMARTS) is 1. The van der Waals surface area contributed by atoms with Gasteiger partial charge in [0.1, 0.15) is 11.2 Å². The Hall–Kier alpha value is -4.10. The van der Waals surface area contributed by atoms with Gasteiger partial charge in [-0.15, -0.1) is 0 Å². The average molecular weight is 601 g/mol. The fraction of sp³-hybridized carbons (Fsp3) is 0.727. The molecule has 0 aromatic carbocycles. The van der Waals surface area contributed by atoms with E-state index >= 15 is 0 Å². The summed E-state index contributed by atoms with van der Waals surface area (Å²) in [5.41, 5.74) is 7.59. The number of hydroxylamine groups is 2. The van der Waals surface area contributed by atoms with E-state index in [4.69, 9.17) is 20.3 Å². The zero-order chi connectivity index (χ0) is 32.5. The predicted octanol–water partition coefficient (Wildman–Crippen LogP) is -0.257. The van der Waals surface area contributed by atoms with Gasteiger partial charge in [0, 0.05) is 26.2 Å². The van der Waals surface area contributed by atoms with Gasteiger partial charge in [0.2, 0.25) is 5.91 Å². The molecule has 0 bridgehead atoms. The molecular formula is C22H44N6O13. The van der Waals surface area contributed by atoms with Crippen molar-refractivity contribution in [2.75, 3.05) is 53.6 Å². The molecule has 0 aliphatic carbocycles. The smallest absolute Gasteiger partial charge is 0.431 e. The van der Waals surface area contributed by atoms with Gasteiger partial charge in [-0.1, -0.05) is 0 Å². The van der Waals surface area contributed by atoms with Crippen LogP contribution >= 0.6 is 0 Å². The Bertz CT molecular complexity index is 798. The van der Waals surface area contributed by atoms with E-state index in [0.29, 0.717) is 13.1 Å². The fourth-order valence-corrected chi connectivity index (χ4v) is 1.65. The summed E-state index contributed by atoms with van der Waals surface area (Å²) in [6.45, 7) is 10.5. The van der Waals surface area contributed by atoms with Gasteiger partial charge in [-0.3, -0.25) is 14.5 Å². The van der Waals surface area contributed by atoms with E-state index in [1.54, 1.807) is 41.5 Å². The number of aliphatic carboxylic acids is 1. The molecule has 19 nitrogen and oxygen atoms in total. The maximum Gasteiger partial charge on any atom is 0.431 e. The number of hydrogen-bond donors (Lipinski definition) is 7. The lowest BCUT2D eigenvalue weighted by molar-refractivity contribution is -0.144. The summed E-state index contributed by atoms with van der Waals surface area (Å²) in [6, 6.07) is 0. The van der Waals surface area contributed by atoms with Crippen LogP contribution in [0.2, 0.25) is 0 Å². The Morgan fingerprint density at radius 2 is 1.02 bits per heavy atom. The van der Waals surface area contributed by atoms with Crippen LogP contribution in [0.25, 0.3) is 0 Å². The Labute approximate surface area is 238 Å². The summed E-state index contributed by atoms with van der Waals surface area (Å²) in [5, 5.41) is 15.4. The lowest BCUT2D eigenvalue weighted by atomic mass is 10.2. The number of alkyl carbamates (subject to hydrolysis) is 2. The van der Waals surface area contributed by atoms with Crippen molar-refractivity contribution in [2.24, 2.45) is 5.73 Å². The van der Waals surface area contributed by atoms with Gasteiger partial charge in [-0.2, -0.15) is 11.0 Å². The van der Waals surface area contributed by atoms with Crippen molar-refractivity contribution in [1.29, 1.82) is 0 Å². The van der Waals surface area contributed by atoms with Gasteiger partial charge in [0.15, 0.2) is 13.2 Å². The summed E-state index contributed by atoms with van der Waals surface area (Å²) in [6.07, 6.45) is -2.61. The topological polar surface area (TPSA) is 264 Å². The highest BCUT2D eigenvalue weighted by molar-refractivity contribution is 5.77. The second-order valence-corrected chi connectivity index (χ2v) is 9.15. The van der Waals surface area contributed by atoms with Crippen molar-refractivity contribution < 1.29 is 62.5 Å². The molecule has 0 saturated carbocycles. The molecule has 0 radical (unpaired) electrons. The molecule has 0 fully saturated rings. The summed E-state index contributed by atoms with van der Waals surface area (Å²) in [4.78, 5) is 72.9. The van der Waals surface area contributed by atoms with Crippen LogP contribution < -0.4 is 32.6 Å². The quantitative estimate of drug-likeness (QED) is 0.0915. The number of rotatable bonds is 11. The molecule has 0 unspecified atom stereocenters. The number of carboxylic acids is 1. The predicted molar refractivity (Wildman–Crippen MR) is 141 cm³/mol. The summed E-state index contributed by atoms with van der Waals surface area (Å²) >= 11 is 0. The monoisotopic (exact) mass is 600 g/mol. The molecule has 0 atom stereocenters. The number of nitrogens with one attached hydrogen (secondary N) is 5. The average Bonchev–Trinajstić information content (AvgIpc) is 2.83. The zero-order valence-corrected chi connectivity index (χ0v) is 24.7. The molecule has 5 amide bonds. The van der Waals surface area contributed by atoms with E-state index in [9.17, 15) is 28.8 Å². The Morgan fingerprint density at radius 1 is 0.634 bits per heavy atom. The van der Waals surface area contributed by atoms with Gasteiger partial charge in [-0.25, -0.2) is 24.0 Å². The molecule has 0 rings (SSSR count). The number of methoxy groups -OCH3 is 2. The van der Waals surface area contributed by atoms with Crippen LogP contribution in [0.1, 0.15) is 41.5 Å². The van der Waals surface area contributed by atoms with Gasteiger partial charge < -0.3 is 45.7 Å². The number of carbonyl (C=O) groups excluding carboxylic acids is 5. The highest BCUT2D eigenvalue weighted by Crippen LogP contribution is 2.06. The molecule has 0 aromatic heterocycles. The summed E-state index contributed by atoms with van der Waals surface area (Å²) in [5.74, 6) is -1.62. The van der Waals surface area contributed by atoms with Crippen molar-refractivity contribution in [3.8, 4) is 0 Å². The van der Waals surface area contributed by atoms with E-state index in [2.05, 4.69) is 35.1 Å². The van der Waals surface area contributed by atoms with Crippen LogP contribution in [-0.4, -0.2) is 106 Å². The third-order valence-electron chi connectivity index (χ3n) is 3.01. The number of carbonyl (C=O) groups is 6. The zero-order valence-electron chi connectivity index (χ0n) is 24.7. The first-order valence-corrected chi connectivity index (χ1v) is 11.9. The van der Waals surface area contributed by atoms with Crippen LogP contribution in [0.15, 0.2) is 0 Å². The molecule has 41 heavy (non-hydrogen) atoms. The number of nitrogens with two attached hydrogens (primary N) is 1. The maximum atomic E-state index is 11.3. The summed E-state index contributed by atoms with van der Waals surface area (Å²) in [7, 11) is 2.55. The van der Waals surface area contributed by atoms with Crippen LogP contribution in [0, 0.1) is 0 Å². The van der Waals surface area contributed by atoms with E-state index in [1.807, 2.05) is 11.0 Å². The first kappa shape index (κ1) is 41.4. The van der Waals surface area contributed by atoms with Crippen LogP contribution in [-0.2, 0) is 38.2 Å². The van der Waals surface area contributed by atoms with Crippen LogP contribution in [0.3, 0.4) is 0 Å². The Kier molecular flexibility index (Phi) is 24.0. The number of amides is 5. The van der Waals surface area contributed by atoms with Crippen LogP contribution in [0.4, 0.5) is 19.2 Å². The second-order valence-electron chi connectivity index (χ2n) is 9.15. The molecule has 0 spiro atoms. The van der Waals surface area contributed by atoms with Gasteiger partial charge in [0.25, 0.3) is 0 Å². The second kappa shape index (κ2) is 23.8. The molecular weight excluding hydrogens is 556 g/mol. The number of hydrogen-bond acceptors (Lipinski definition) is 13. The summed E-state index contributed by atoms with van der Waals surface area (Å²) < 4.78 is 18.2. The molecule has 0 heterocycles. The third-order valence-corrected chi connectivity index (χ3v) is 3.01. The van der Waals surface area contributed by atoms with Gasteiger partial charge >= 0.3 is 30.3 Å². The molecule has 8 N–H and O–H groups in total. The van der Waals surface area contributed by atoms with E-state index in [-0.39, 0.29) is 19.7 Å². The molecule has 240 valence electrons. The van der Waals surface area contributed by atoms with Crippen molar-refractivity contribution in [3.05, 3.63) is 0 Å². The molecule has 0 saturated heterocycles. The standard InChI is InChI=1S/C11H21N3O6.C7H13NO5.C4H10N2O2/c1-11(2,3)20-10(17)14-19-7-8(15)12-5-6-13-9(16)18-4;1-7(2,3)13-6(11)8-12-4-5(9)10;1-8-4(7)6-3-2-5/h5-7H2,1-4H3,(H,12,15)(H,13,16)(H,14,17);4H2,1-3H3,(H,8,11)(H,9,10);2-3,5H2,1H3,(H,6,7). The van der Waals surface area contributed by atoms with Crippen molar-refractivity contribution in [1.82, 2.24) is 26.9 Å². The number of ether oxygens (including phenoxy) is 4. The van der Waals surface area contributed by atoms with Gasteiger partial charge in [0.05, 0.1) is 14.2 Å². The van der Waals surface area contributed by atoms with E-state index in [1.165, 1.54) is 14.2 Å². The maximum absolute atomic E-state index is 11.3. The first-order valence-electron chi connectivity index (χ1n) is 11.9. The van der Waals surface area contributed by atoms with Gasteiger partial charge in [-0.05, 0) is 41.5 Å². The van der Waals surface area contributed by atoms with Crippen molar-refractivity contribution in [3.63, 3.8) is 0 Å². The molecule has 19 heteroatoms. The largest absolute Gasteiger partial charge is 0.479 e. The minimum Gasteiger partial charge on any atom is -0.479 e. The fourth-order valence-electron chi connectivity index (χ4n) is 1.65. The molecule has 0 aliphatic rings. The molecule has 0 aliphatic heterocycles. The van der Waals surface area contributed by atoms with E-state index in [0.717, 1.165) is 0 Å². The first-order chi connectivity index (χ1) is 18.9. The SMILES string of the molecule is CC(C)(C)OC(=O)NOCC(=O)O.COC(=O)NCCN.COC(=O)NCCNC(=O)CONC(=O)OC(C)(C)C. The minimum absolute atomic E-state index is 0.212. The van der Waals surface area contributed by atoms with Crippen molar-refractivity contribution in [2.45, 2.75) is 52.7 Å². The van der Waals surface area contributed by atoms with Crippen LogP contribution in [0.5, 0.6) is 0 Å². The third kappa shape index (κ3) is 38.1.